The van der Waals surface area contributed by atoms with Gasteiger partial charge >= 0.3 is 0 Å². The molecule has 1 nitrogen and oxygen atoms in total. The summed E-state index contributed by atoms with van der Waals surface area (Å²) < 4.78 is -0.182. The molecule has 4 rings (SSSR count). The highest BCUT2D eigenvalue weighted by atomic mass is 32.2. The predicted molar refractivity (Wildman–Crippen MR) is 117 cm³/mol. The van der Waals surface area contributed by atoms with Crippen LogP contribution in [0.5, 0.6) is 0 Å². The topological polar surface area (TPSA) is 12.0 Å². The van der Waals surface area contributed by atoms with Crippen LogP contribution in [0.3, 0.4) is 0 Å². The van der Waals surface area contributed by atoms with Crippen molar-refractivity contribution in [2.45, 2.75) is 29.3 Å². The van der Waals surface area contributed by atoms with Crippen molar-refractivity contribution in [3.05, 3.63) is 108 Å². The van der Waals surface area contributed by atoms with Gasteiger partial charge in [0.25, 0.3) is 0 Å². The molecule has 0 bridgehead atoms. The molecule has 0 spiro atoms. The van der Waals surface area contributed by atoms with E-state index in [0.717, 1.165) is 13.1 Å². The summed E-state index contributed by atoms with van der Waals surface area (Å²) in [6, 6.07) is 33.1. The first-order chi connectivity index (χ1) is 13.4. The van der Waals surface area contributed by atoms with Crippen LogP contribution in [0.2, 0.25) is 0 Å². The van der Waals surface area contributed by atoms with Crippen LogP contribution in [0.4, 0.5) is 0 Å². The molecule has 1 atom stereocenters. The highest BCUT2D eigenvalue weighted by molar-refractivity contribution is 8.01. The molecular weight excluding hydrogens is 346 g/mol. The monoisotopic (exact) mass is 373 g/mol. The summed E-state index contributed by atoms with van der Waals surface area (Å²) in [5.74, 6) is 0. The molecule has 0 saturated carbocycles. The van der Waals surface area contributed by atoms with Crippen LogP contribution in [0.25, 0.3) is 0 Å². The Balaban J connectivity index is 1.88. The van der Waals surface area contributed by atoms with E-state index in [1.54, 1.807) is 0 Å². The number of hydrogen-bond donors (Lipinski definition) is 1. The Kier molecular flexibility index (Phi) is 5.96. The average Bonchev–Trinajstić information content (AvgIpc) is 3.02. The zero-order chi connectivity index (χ0) is 18.4. The summed E-state index contributed by atoms with van der Waals surface area (Å²) in [7, 11) is 0. The van der Waals surface area contributed by atoms with Crippen LogP contribution in [-0.2, 0) is 4.75 Å². The van der Waals surface area contributed by atoms with Crippen molar-refractivity contribution in [1.29, 1.82) is 0 Å². The molecule has 3 aromatic rings. The molecule has 1 saturated heterocycles. The van der Waals surface area contributed by atoms with Crippen molar-refractivity contribution in [2.75, 3.05) is 13.1 Å². The molecule has 0 amide bonds. The van der Waals surface area contributed by atoms with E-state index in [-0.39, 0.29) is 4.75 Å². The summed E-state index contributed by atoms with van der Waals surface area (Å²) in [6.45, 7) is 2.26. The van der Waals surface area contributed by atoms with Crippen LogP contribution in [0.15, 0.2) is 91.0 Å². The van der Waals surface area contributed by atoms with Gasteiger partial charge in [-0.1, -0.05) is 91.0 Å². The summed E-state index contributed by atoms with van der Waals surface area (Å²) in [4.78, 5) is 0. The Morgan fingerprint density at radius 2 is 1.11 bits per heavy atom. The molecule has 138 valence electrons. The number of nitrogens with one attached hydrogen (secondary N) is 1. The maximum atomic E-state index is 3.57. The van der Waals surface area contributed by atoms with Gasteiger partial charge in [-0.2, -0.15) is 0 Å². The lowest BCUT2D eigenvalue weighted by molar-refractivity contribution is 0.703. The summed E-state index contributed by atoms with van der Waals surface area (Å²) in [5, 5.41) is 4.21. The highest BCUT2D eigenvalue weighted by Gasteiger charge is 2.39. The molecule has 1 fully saturated rings. The van der Waals surface area contributed by atoms with Crippen molar-refractivity contribution in [2.24, 2.45) is 0 Å². The fourth-order valence-corrected chi connectivity index (χ4v) is 5.91. The minimum absolute atomic E-state index is 0.182. The third-order valence-electron chi connectivity index (χ3n) is 5.41. The average molecular weight is 374 g/mol. The second-order valence-corrected chi connectivity index (χ2v) is 8.71. The maximum Gasteiger partial charge on any atom is 0.0909 e. The predicted octanol–water partition coefficient (Wildman–Crippen LogP) is 5.85. The standard InChI is InChI=1S/C25H27NS/c1-4-11-21(12-5-1)25(22-13-6-2-7-14-22,23-15-8-3-9-16-23)27-24-17-10-19-26-20-18-24/h1-9,11-16,24,26H,10,17-20H2. The van der Waals surface area contributed by atoms with E-state index >= 15 is 0 Å². The zero-order valence-electron chi connectivity index (χ0n) is 15.7. The van der Waals surface area contributed by atoms with Gasteiger partial charge in [-0.3, -0.25) is 0 Å². The van der Waals surface area contributed by atoms with Crippen LogP contribution in [0.1, 0.15) is 36.0 Å². The Morgan fingerprint density at radius 1 is 0.630 bits per heavy atom. The summed E-state index contributed by atoms with van der Waals surface area (Å²) in [6.07, 6.45) is 3.75. The largest absolute Gasteiger partial charge is 0.317 e. The lowest BCUT2D eigenvalue weighted by Crippen LogP contribution is -2.29. The van der Waals surface area contributed by atoms with Crippen molar-refractivity contribution in [3.8, 4) is 0 Å². The minimum Gasteiger partial charge on any atom is -0.317 e. The molecule has 1 heterocycles. The second kappa shape index (κ2) is 8.77. The Bertz CT molecular complexity index is 712. The summed E-state index contributed by atoms with van der Waals surface area (Å²) in [5.41, 5.74) is 4.10. The number of thioether (sulfide) groups is 1. The van der Waals surface area contributed by atoms with E-state index in [2.05, 4.69) is 108 Å². The van der Waals surface area contributed by atoms with Crippen molar-refractivity contribution in [1.82, 2.24) is 5.32 Å². The van der Waals surface area contributed by atoms with Gasteiger partial charge in [-0.15, -0.1) is 11.8 Å². The van der Waals surface area contributed by atoms with Gasteiger partial charge in [-0.25, -0.2) is 0 Å². The van der Waals surface area contributed by atoms with E-state index in [9.17, 15) is 0 Å². The Morgan fingerprint density at radius 3 is 1.59 bits per heavy atom. The molecule has 1 N–H and O–H groups in total. The normalized spacial score (nSPS) is 18.0. The zero-order valence-corrected chi connectivity index (χ0v) is 16.5. The lowest BCUT2D eigenvalue weighted by atomic mass is 9.84. The van der Waals surface area contributed by atoms with Crippen molar-refractivity contribution >= 4 is 11.8 Å². The maximum absolute atomic E-state index is 3.57. The van der Waals surface area contributed by atoms with E-state index in [4.69, 9.17) is 0 Å². The van der Waals surface area contributed by atoms with Gasteiger partial charge in [0, 0.05) is 5.25 Å². The summed E-state index contributed by atoms with van der Waals surface area (Å²) >= 11 is 2.15. The lowest BCUT2D eigenvalue weighted by Gasteiger charge is -2.38. The van der Waals surface area contributed by atoms with Crippen LogP contribution in [0, 0.1) is 0 Å². The Labute approximate surface area is 167 Å². The molecule has 1 unspecified atom stereocenters. The first-order valence-corrected chi connectivity index (χ1v) is 10.8. The molecule has 2 heteroatoms. The molecule has 3 aromatic carbocycles. The quantitative estimate of drug-likeness (QED) is 0.563. The number of benzene rings is 3. The van der Waals surface area contributed by atoms with Crippen molar-refractivity contribution in [3.63, 3.8) is 0 Å². The smallest absolute Gasteiger partial charge is 0.0909 e. The number of hydrogen-bond acceptors (Lipinski definition) is 2. The fraction of sp³-hybridized carbons (Fsp3) is 0.280. The third-order valence-corrected chi connectivity index (χ3v) is 7.27. The van der Waals surface area contributed by atoms with Crippen LogP contribution in [-0.4, -0.2) is 18.3 Å². The molecule has 27 heavy (non-hydrogen) atoms. The fourth-order valence-electron chi connectivity index (χ4n) is 4.08. The molecule has 0 aromatic heterocycles. The van der Waals surface area contributed by atoms with Gasteiger partial charge in [-0.05, 0) is 49.0 Å². The van der Waals surface area contributed by atoms with Gasteiger partial charge < -0.3 is 5.32 Å². The van der Waals surface area contributed by atoms with Crippen LogP contribution >= 0.6 is 11.8 Å². The van der Waals surface area contributed by atoms with E-state index in [1.807, 2.05) is 0 Å². The van der Waals surface area contributed by atoms with E-state index in [1.165, 1.54) is 36.0 Å². The van der Waals surface area contributed by atoms with Crippen LogP contribution < -0.4 is 5.32 Å². The van der Waals surface area contributed by atoms with Crippen molar-refractivity contribution < 1.29 is 0 Å². The highest BCUT2D eigenvalue weighted by Crippen LogP contribution is 2.51. The molecule has 0 radical (unpaired) electrons. The van der Waals surface area contributed by atoms with Gasteiger partial charge in [0.05, 0.1) is 4.75 Å². The van der Waals surface area contributed by atoms with Gasteiger partial charge in [0.2, 0.25) is 0 Å². The van der Waals surface area contributed by atoms with E-state index in [0.29, 0.717) is 5.25 Å². The first kappa shape index (κ1) is 18.3. The number of rotatable bonds is 5. The molecule has 1 aliphatic rings. The minimum atomic E-state index is -0.182. The first-order valence-electron chi connectivity index (χ1n) is 9.95. The molecule has 1 aliphatic heterocycles. The SMILES string of the molecule is c1ccc(C(SC2CCCNCC2)(c2ccccc2)c2ccccc2)cc1. The Hall–Kier alpha value is -2.03. The van der Waals surface area contributed by atoms with Gasteiger partial charge in [0.1, 0.15) is 0 Å². The van der Waals surface area contributed by atoms with Gasteiger partial charge in [0.15, 0.2) is 0 Å². The second-order valence-electron chi connectivity index (χ2n) is 7.20. The molecular formula is C25H27NS. The van der Waals surface area contributed by atoms with E-state index < -0.39 is 0 Å². The third kappa shape index (κ3) is 3.97. The molecule has 0 aliphatic carbocycles.